The van der Waals surface area contributed by atoms with E-state index in [1.807, 2.05) is 38.1 Å². The van der Waals surface area contributed by atoms with Crippen LogP contribution >= 0.6 is 0 Å². The van der Waals surface area contributed by atoms with Crippen LogP contribution in [0.4, 0.5) is 0 Å². The predicted octanol–water partition coefficient (Wildman–Crippen LogP) is 4.83. The number of hydrogen-bond acceptors (Lipinski definition) is 6. The van der Waals surface area contributed by atoms with Crippen LogP contribution in [0.5, 0.6) is 11.5 Å². The number of nitrogens with one attached hydrogen (secondary N) is 2. The van der Waals surface area contributed by atoms with Gasteiger partial charge in [-0.1, -0.05) is 62.4 Å². The molecular formula is C28H32N2O6S2. The molecular weight excluding hydrogens is 524 g/mol. The van der Waals surface area contributed by atoms with Gasteiger partial charge in [0.25, 0.3) is 0 Å². The van der Waals surface area contributed by atoms with Crippen molar-refractivity contribution in [2.45, 2.75) is 36.5 Å². The van der Waals surface area contributed by atoms with Crippen molar-refractivity contribution < 1.29 is 26.3 Å². The molecule has 4 aromatic carbocycles. The Balaban J connectivity index is 1.48. The van der Waals surface area contributed by atoms with Crippen LogP contribution < -0.4 is 18.9 Å². The van der Waals surface area contributed by atoms with Crippen LogP contribution in [0.25, 0.3) is 21.5 Å². The van der Waals surface area contributed by atoms with Crippen LogP contribution in [0.2, 0.25) is 0 Å². The normalized spacial score (nSPS) is 12.2. The van der Waals surface area contributed by atoms with E-state index in [1.165, 1.54) is 12.1 Å². The summed E-state index contributed by atoms with van der Waals surface area (Å²) in [7, 11) is -7.83. The highest BCUT2D eigenvalue weighted by molar-refractivity contribution is 7.90. The van der Waals surface area contributed by atoms with Gasteiger partial charge in [0.05, 0.1) is 23.0 Å². The first-order chi connectivity index (χ1) is 18.3. The average Bonchev–Trinajstić information content (AvgIpc) is 2.92. The minimum absolute atomic E-state index is 0.105. The number of rotatable bonds is 13. The number of hydrogen-bond donors (Lipinski definition) is 2. The predicted molar refractivity (Wildman–Crippen MR) is 150 cm³/mol. The van der Waals surface area contributed by atoms with Crippen molar-refractivity contribution in [3.05, 3.63) is 72.8 Å². The number of fused-ring (bicyclic) bond motifs is 2. The highest BCUT2D eigenvalue weighted by Gasteiger charge is 2.21. The summed E-state index contributed by atoms with van der Waals surface area (Å²) >= 11 is 0. The number of sulfonamides is 2. The molecule has 4 rings (SSSR count). The molecule has 0 bridgehead atoms. The summed E-state index contributed by atoms with van der Waals surface area (Å²) in [4.78, 5) is 0.210. The first kappa shape index (κ1) is 27.8. The van der Waals surface area contributed by atoms with Gasteiger partial charge in [0.15, 0.2) is 0 Å². The van der Waals surface area contributed by atoms with E-state index in [4.69, 9.17) is 9.47 Å². The average molecular weight is 557 g/mol. The van der Waals surface area contributed by atoms with Gasteiger partial charge in [-0.05, 0) is 37.1 Å². The van der Waals surface area contributed by atoms with Crippen molar-refractivity contribution in [3.8, 4) is 11.5 Å². The zero-order valence-electron chi connectivity index (χ0n) is 21.4. The quantitative estimate of drug-likeness (QED) is 0.228. The van der Waals surface area contributed by atoms with Gasteiger partial charge >= 0.3 is 0 Å². The summed E-state index contributed by atoms with van der Waals surface area (Å²) in [5.41, 5.74) is 0. The molecule has 0 fully saturated rings. The van der Waals surface area contributed by atoms with Crippen LogP contribution in [0, 0.1) is 0 Å². The van der Waals surface area contributed by atoms with Crippen LogP contribution in [0.15, 0.2) is 82.6 Å². The van der Waals surface area contributed by atoms with E-state index in [-0.39, 0.29) is 22.9 Å². The molecule has 0 aliphatic rings. The van der Waals surface area contributed by atoms with E-state index < -0.39 is 20.0 Å². The Bertz CT molecular complexity index is 1510. The Labute approximate surface area is 224 Å². The summed E-state index contributed by atoms with van der Waals surface area (Å²) in [6.07, 6.45) is 1.66. The highest BCUT2D eigenvalue weighted by atomic mass is 32.2. The van der Waals surface area contributed by atoms with E-state index in [2.05, 4.69) is 9.44 Å². The molecule has 0 atom stereocenters. The lowest BCUT2D eigenvalue weighted by molar-refractivity contribution is 0.321. The molecule has 0 saturated carbocycles. The topological polar surface area (TPSA) is 111 Å². The molecule has 0 aromatic heterocycles. The molecule has 10 heteroatoms. The lowest BCUT2D eigenvalue weighted by Crippen LogP contribution is -2.34. The number of ether oxygens (including phenoxy) is 2. The van der Waals surface area contributed by atoms with Gasteiger partial charge in [-0.15, -0.1) is 0 Å². The van der Waals surface area contributed by atoms with Crippen molar-refractivity contribution >= 4 is 41.6 Å². The van der Waals surface area contributed by atoms with Gasteiger partial charge in [0, 0.05) is 34.6 Å². The minimum atomic E-state index is -3.91. The minimum Gasteiger partial charge on any atom is -0.493 e. The van der Waals surface area contributed by atoms with Crippen molar-refractivity contribution in [1.82, 2.24) is 9.44 Å². The molecule has 0 heterocycles. The maximum atomic E-state index is 13.1. The SMILES string of the molecule is CCCOc1ccc(S(=O)(=O)NCCNS(=O)(=O)c2ccc(OCCC)c3ccccc23)c2ccccc12. The third kappa shape index (κ3) is 6.10. The molecule has 0 spiro atoms. The zero-order chi connectivity index (χ0) is 27.2. The molecule has 0 aliphatic carbocycles. The second-order valence-corrected chi connectivity index (χ2v) is 12.2. The fourth-order valence-electron chi connectivity index (χ4n) is 4.16. The highest BCUT2D eigenvalue weighted by Crippen LogP contribution is 2.32. The third-order valence-corrected chi connectivity index (χ3v) is 8.94. The van der Waals surface area contributed by atoms with Gasteiger partial charge in [-0.25, -0.2) is 26.3 Å². The van der Waals surface area contributed by atoms with Crippen molar-refractivity contribution in [1.29, 1.82) is 0 Å². The molecule has 0 saturated heterocycles. The lowest BCUT2D eigenvalue weighted by atomic mass is 10.1. The fraction of sp³-hybridized carbons (Fsp3) is 0.286. The largest absolute Gasteiger partial charge is 0.493 e. The van der Waals surface area contributed by atoms with Crippen LogP contribution in [-0.2, 0) is 20.0 Å². The van der Waals surface area contributed by atoms with E-state index in [0.29, 0.717) is 46.3 Å². The van der Waals surface area contributed by atoms with Crippen molar-refractivity contribution in [2.75, 3.05) is 26.3 Å². The third-order valence-electron chi connectivity index (χ3n) is 5.90. The van der Waals surface area contributed by atoms with Crippen LogP contribution in [0.1, 0.15) is 26.7 Å². The Morgan fingerprint density at radius 1 is 0.553 bits per heavy atom. The van der Waals surface area contributed by atoms with Gasteiger partial charge in [-0.2, -0.15) is 0 Å². The van der Waals surface area contributed by atoms with E-state index in [0.717, 1.165) is 12.8 Å². The molecule has 38 heavy (non-hydrogen) atoms. The van der Waals surface area contributed by atoms with Gasteiger partial charge in [0.1, 0.15) is 11.5 Å². The van der Waals surface area contributed by atoms with Crippen LogP contribution in [-0.4, -0.2) is 43.1 Å². The van der Waals surface area contributed by atoms with Crippen molar-refractivity contribution in [2.24, 2.45) is 0 Å². The molecule has 0 aliphatic heterocycles. The van der Waals surface area contributed by atoms with E-state index in [1.54, 1.807) is 36.4 Å². The first-order valence-corrected chi connectivity index (χ1v) is 15.5. The molecule has 0 amide bonds. The maximum absolute atomic E-state index is 13.1. The summed E-state index contributed by atoms with van der Waals surface area (Å²) < 4.78 is 69.0. The van der Waals surface area contributed by atoms with Crippen LogP contribution in [0.3, 0.4) is 0 Å². The summed E-state index contributed by atoms with van der Waals surface area (Å²) in [5.74, 6) is 1.24. The smallest absolute Gasteiger partial charge is 0.241 e. The van der Waals surface area contributed by atoms with Gasteiger partial charge in [-0.3, -0.25) is 0 Å². The summed E-state index contributed by atoms with van der Waals surface area (Å²) in [6.45, 7) is 4.80. The van der Waals surface area contributed by atoms with Crippen molar-refractivity contribution in [3.63, 3.8) is 0 Å². The molecule has 4 aromatic rings. The number of benzene rings is 4. The Hall–Kier alpha value is -3.18. The Morgan fingerprint density at radius 2 is 0.921 bits per heavy atom. The standard InChI is InChI=1S/C28H32N2O6S2/c1-3-19-35-25-13-15-27(23-11-7-5-9-21(23)25)37(31,32)29-17-18-30-38(33,34)28-16-14-26(36-20-4-2)22-10-6-8-12-24(22)28/h5-16,29-30H,3-4,17-20H2,1-2H3. The maximum Gasteiger partial charge on any atom is 0.241 e. The molecule has 8 nitrogen and oxygen atoms in total. The lowest BCUT2D eigenvalue weighted by Gasteiger charge is -2.14. The monoisotopic (exact) mass is 556 g/mol. The Morgan fingerprint density at radius 3 is 1.29 bits per heavy atom. The summed E-state index contributed by atoms with van der Waals surface area (Å²) in [6, 6.07) is 20.6. The first-order valence-electron chi connectivity index (χ1n) is 12.6. The van der Waals surface area contributed by atoms with E-state index in [9.17, 15) is 16.8 Å². The molecule has 202 valence electrons. The van der Waals surface area contributed by atoms with E-state index >= 15 is 0 Å². The Kier molecular flexibility index (Phi) is 8.88. The fourth-order valence-corrected chi connectivity index (χ4v) is 6.64. The molecule has 2 N–H and O–H groups in total. The van der Waals surface area contributed by atoms with Gasteiger partial charge in [0.2, 0.25) is 20.0 Å². The van der Waals surface area contributed by atoms with Gasteiger partial charge < -0.3 is 9.47 Å². The second kappa shape index (κ2) is 12.1. The summed E-state index contributed by atoms with van der Waals surface area (Å²) in [5, 5.41) is 2.46. The second-order valence-electron chi connectivity index (χ2n) is 8.71. The molecule has 0 radical (unpaired) electrons. The zero-order valence-corrected chi connectivity index (χ0v) is 23.1. The molecule has 0 unspecified atom stereocenters.